The lowest BCUT2D eigenvalue weighted by molar-refractivity contribution is -0.159. The molecule has 0 aromatic heterocycles. The number of rotatable bonds is 12. The molecule has 1 heterocycles. The minimum atomic E-state index is -0.637. The molecule has 3 rings (SSSR count). The summed E-state index contributed by atoms with van der Waals surface area (Å²) in [6.07, 6.45) is 0.429. The molecule has 1 saturated heterocycles. The average molecular weight is 485 g/mol. The summed E-state index contributed by atoms with van der Waals surface area (Å²) in [5, 5.41) is 9.44. The lowest BCUT2D eigenvalue weighted by Crippen LogP contribution is -2.31. The van der Waals surface area contributed by atoms with Gasteiger partial charge in [-0.2, -0.15) is 0 Å². The van der Waals surface area contributed by atoms with Crippen molar-refractivity contribution in [3.8, 4) is 11.5 Å². The lowest BCUT2D eigenvalue weighted by atomic mass is 10.1. The van der Waals surface area contributed by atoms with Crippen LogP contribution in [0, 0.1) is 0 Å². The first kappa shape index (κ1) is 26.3. The van der Waals surface area contributed by atoms with Crippen LogP contribution < -0.4 is 4.74 Å². The number of esters is 1. The molecule has 0 bridgehead atoms. The summed E-state index contributed by atoms with van der Waals surface area (Å²) in [6, 6.07) is 14.6. The van der Waals surface area contributed by atoms with Crippen molar-refractivity contribution in [2.45, 2.75) is 58.4 Å². The molecule has 1 aliphatic heterocycles. The van der Waals surface area contributed by atoms with Crippen LogP contribution in [0.4, 0.5) is 4.79 Å². The van der Waals surface area contributed by atoms with E-state index in [1.807, 2.05) is 62.2 Å². The van der Waals surface area contributed by atoms with Gasteiger partial charge in [0.25, 0.3) is 0 Å². The van der Waals surface area contributed by atoms with E-state index in [1.165, 1.54) is 0 Å². The van der Waals surface area contributed by atoms with E-state index < -0.39 is 6.10 Å². The van der Waals surface area contributed by atoms with Gasteiger partial charge in [-0.1, -0.05) is 24.3 Å². The summed E-state index contributed by atoms with van der Waals surface area (Å²) in [7, 11) is 1.82. The molecule has 2 atom stereocenters. The van der Waals surface area contributed by atoms with Crippen molar-refractivity contribution in [3.63, 3.8) is 0 Å². The van der Waals surface area contributed by atoms with Crippen molar-refractivity contribution in [1.29, 1.82) is 0 Å². The molecule has 0 saturated carbocycles. The fraction of sp³-hybridized carbons (Fsp3) is 0.481. The first-order chi connectivity index (χ1) is 16.8. The molecule has 8 heteroatoms. The van der Waals surface area contributed by atoms with E-state index in [9.17, 15) is 14.7 Å². The van der Waals surface area contributed by atoms with Gasteiger partial charge in [0, 0.05) is 33.0 Å². The van der Waals surface area contributed by atoms with E-state index >= 15 is 0 Å². The molecule has 2 unspecified atom stereocenters. The first-order valence-electron chi connectivity index (χ1n) is 12.1. The Morgan fingerprint density at radius 2 is 1.74 bits per heavy atom. The number of urea groups is 1. The quantitative estimate of drug-likeness (QED) is 0.458. The molecule has 2 amide bonds. The standard InChI is InChI=1S/C27H36N2O6/c1-5-33-26(31)25(35-19(2)3)16-20-8-12-24(13-9-20)34-15-14-22-18-29(27(32)28(22)4)17-21-6-10-23(30)11-7-21/h6-13,19,22,25,30H,5,14-18H2,1-4H3. The molecule has 1 fully saturated rings. The van der Waals surface area contributed by atoms with Crippen molar-refractivity contribution in [2.24, 2.45) is 0 Å². The summed E-state index contributed by atoms with van der Waals surface area (Å²) in [6.45, 7) is 7.51. The van der Waals surface area contributed by atoms with Gasteiger partial charge in [0.15, 0.2) is 6.10 Å². The third-order valence-corrected chi connectivity index (χ3v) is 5.91. The van der Waals surface area contributed by atoms with E-state index in [2.05, 4.69) is 0 Å². The second-order valence-corrected chi connectivity index (χ2v) is 9.01. The molecule has 0 radical (unpaired) electrons. The Bertz CT molecular complexity index is 961. The topological polar surface area (TPSA) is 88.5 Å². The predicted molar refractivity (Wildman–Crippen MR) is 132 cm³/mol. The Kier molecular flexibility index (Phi) is 9.37. The molecule has 2 aromatic carbocycles. The maximum atomic E-state index is 12.6. The van der Waals surface area contributed by atoms with E-state index in [-0.39, 0.29) is 29.9 Å². The van der Waals surface area contributed by atoms with Crippen LogP contribution in [0.5, 0.6) is 11.5 Å². The van der Waals surface area contributed by atoms with Crippen LogP contribution in [0.15, 0.2) is 48.5 Å². The van der Waals surface area contributed by atoms with Gasteiger partial charge in [-0.25, -0.2) is 9.59 Å². The summed E-state index contributed by atoms with van der Waals surface area (Å²) >= 11 is 0. The highest BCUT2D eigenvalue weighted by Gasteiger charge is 2.34. The van der Waals surface area contributed by atoms with Crippen molar-refractivity contribution >= 4 is 12.0 Å². The van der Waals surface area contributed by atoms with Gasteiger partial charge in [-0.3, -0.25) is 0 Å². The highest BCUT2D eigenvalue weighted by Crippen LogP contribution is 2.21. The van der Waals surface area contributed by atoms with Gasteiger partial charge in [0.1, 0.15) is 11.5 Å². The second kappa shape index (κ2) is 12.4. The van der Waals surface area contributed by atoms with Crippen LogP contribution in [0.2, 0.25) is 0 Å². The molecule has 0 spiro atoms. The van der Waals surface area contributed by atoms with Crippen LogP contribution >= 0.6 is 0 Å². The zero-order valence-corrected chi connectivity index (χ0v) is 21.0. The summed E-state index contributed by atoms with van der Waals surface area (Å²) in [4.78, 5) is 28.4. The number of likely N-dealkylation sites (N-methyl/N-ethyl adjacent to an activating group) is 1. The van der Waals surface area contributed by atoms with Gasteiger partial charge in [-0.15, -0.1) is 0 Å². The fourth-order valence-electron chi connectivity index (χ4n) is 4.07. The SMILES string of the molecule is CCOC(=O)C(Cc1ccc(OCCC2CN(Cc3ccc(O)cc3)C(=O)N2C)cc1)OC(C)C. The van der Waals surface area contributed by atoms with Gasteiger partial charge in [0.05, 0.1) is 25.4 Å². The number of benzene rings is 2. The number of hydrogen-bond donors (Lipinski definition) is 1. The second-order valence-electron chi connectivity index (χ2n) is 9.01. The van der Waals surface area contributed by atoms with E-state index in [1.54, 1.807) is 24.0 Å². The van der Waals surface area contributed by atoms with E-state index in [4.69, 9.17) is 14.2 Å². The maximum absolute atomic E-state index is 12.6. The number of ether oxygens (including phenoxy) is 3. The highest BCUT2D eigenvalue weighted by atomic mass is 16.6. The monoisotopic (exact) mass is 484 g/mol. The van der Waals surface area contributed by atoms with Crippen LogP contribution in [0.3, 0.4) is 0 Å². The zero-order valence-electron chi connectivity index (χ0n) is 21.0. The molecule has 1 N–H and O–H groups in total. The number of carbonyl (C=O) groups excluding carboxylic acids is 2. The van der Waals surface area contributed by atoms with Gasteiger partial charge in [-0.05, 0) is 56.2 Å². The number of phenolic OH excluding ortho intramolecular Hbond substituents is 1. The summed E-state index contributed by atoms with van der Waals surface area (Å²) in [5.74, 6) is 0.597. The largest absolute Gasteiger partial charge is 0.508 e. The number of aromatic hydroxyl groups is 1. The molecular formula is C27H36N2O6. The Morgan fingerprint density at radius 3 is 2.37 bits per heavy atom. The number of amides is 2. The summed E-state index contributed by atoms with van der Waals surface area (Å²) in [5.41, 5.74) is 1.94. The zero-order chi connectivity index (χ0) is 25.4. The van der Waals surface area contributed by atoms with Crippen LogP contribution in [-0.4, -0.2) is 72.0 Å². The maximum Gasteiger partial charge on any atom is 0.335 e. The number of carbonyl (C=O) groups is 2. The molecule has 35 heavy (non-hydrogen) atoms. The minimum Gasteiger partial charge on any atom is -0.508 e. The van der Waals surface area contributed by atoms with Crippen molar-refractivity contribution in [3.05, 3.63) is 59.7 Å². The van der Waals surface area contributed by atoms with Crippen LogP contribution in [-0.2, 0) is 27.2 Å². The molecule has 190 valence electrons. The number of nitrogens with zero attached hydrogens (tertiary/aromatic N) is 2. The highest BCUT2D eigenvalue weighted by molar-refractivity contribution is 5.77. The fourth-order valence-corrected chi connectivity index (χ4v) is 4.07. The minimum absolute atomic E-state index is 0.00722. The predicted octanol–water partition coefficient (Wildman–Crippen LogP) is 4.00. The van der Waals surface area contributed by atoms with Crippen molar-refractivity contribution in [2.75, 3.05) is 26.8 Å². The Balaban J connectivity index is 1.48. The van der Waals surface area contributed by atoms with Crippen LogP contribution in [0.1, 0.15) is 38.3 Å². The number of phenols is 1. The third kappa shape index (κ3) is 7.62. The van der Waals surface area contributed by atoms with E-state index in [0.717, 1.165) is 16.9 Å². The smallest absolute Gasteiger partial charge is 0.335 e. The molecule has 2 aromatic rings. The normalized spacial score (nSPS) is 16.6. The lowest BCUT2D eigenvalue weighted by Gasteiger charge is -2.19. The molecular weight excluding hydrogens is 448 g/mol. The van der Waals surface area contributed by atoms with Gasteiger partial charge in [0.2, 0.25) is 0 Å². The van der Waals surface area contributed by atoms with Crippen molar-refractivity contribution in [1.82, 2.24) is 9.80 Å². The van der Waals surface area contributed by atoms with Crippen LogP contribution in [0.25, 0.3) is 0 Å². The Labute approximate surface area is 207 Å². The Hall–Kier alpha value is -3.26. The summed E-state index contributed by atoms with van der Waals surface area (Å²) < 4.78 is 16.8. The van der Waals surface area contributed by atoms with Gasteiger partial charge >= 0.3 is 12.0 Å². The first-order valence-corrected chi connectivity index (χ1v) is 12.1. The Morgan fingerprint density at radius 1 is 1.09 bits per heavy atom. The number of hydrogen-bond acceptors (Lipinski definition) is 6. The van der Waals surface area contributed by atoms with Crippen molar-refractivity contribution < 1.29 is 28.9 Å². The van der Waals surface area contributed by atoms with Gasteiger partial charge < -0.3 is 29.1 Å². The molecule has 1 aliphatic rings. The third-order valence-electron chi connectivity index (χ3n) is 5.91. The molecule has 0 aliphatic carbocycles. The molecule has 8 nitrogen and oxygen atoms in total. The average Bonchev–Trinajstić information content (AvgIpc) is 3.09. The van der Waals surface area contributed by atoms with E-state index in [0.29, 0.717) is 39.1 Å².